The molecule has 0 radical (unpaired) electrons. The smallest absolute Gasteiger partial charge is 0.328 e. The van der Waals surface area contributed by atoms with Crippen LogP contribution in [-0.4, -0.2) is 34.7 Å². The topological polar surface area (TPSA) is 113 Å². The molecule has 96 valence electrons. The van der Waals surface area contributed by atoms with Crippen molar-refractivity contribution in [3.8, 4) is 0 Å². The highest BCUT2D eigenvalue weighted by molar-refractivity contribution is 5.94. The summed E-state index contributed by atoms with van der Waals surface area (Å²) in [5, 5.41) is 19.5. The number of aliphatic hydroxyl groups excluding tert-OH is 1. The standard InChI is InChI=1S/C12H14N2O4/c13-9-3-1-2-8(6-9)4-5-11(16)14-10(7-15)12(17)18/h1-6,10,15H,7,13H2,(H,14,16)(H,17,18)/b5-4+/t10-/m1/s1. The Balaban J connectivity index is 2.62. The molecule has 1 aromatic rings. The van der Waals surface area contributed by atoms with Gasteiger partial charge in [-0.1, -0.05) is 12.1 Å². The van der Waals surface area contributed by atoms with Gasteiger partial charge >= 0.3 is 5.97 Å². The second kappa shape index (κ2) is 6.41. The van der Waals surface area contributed by atoms with E-state index in [1.807, 2.05) is 0 Å². The van der Waals surface area contributed by atoms with Gasteiger partial charge in [0.15, 0.2) is 6.04 Å². The zero-order valence-corrected chi connectivity index (χ0v) is 9.54. The summed E-state index contributed by atoms with van der Waals surface area (Å²) in [7, 11) is 0. The number of carbonyl (C=O) groups is 2. The molecule has 0 aliphatic carbocycles. The van der Waals surface area contributed by atoms with Crippen molar-refractivity contribution in [2.75, 3.05) is 12.3 Å². The monoisotopic (exact) mass is 250 g/mol. The van der Waals surface area contributed by atoms with Gasteiger partial charge in [-0.3, -0.25) is 4.79 Å². The highest BCUT2D eigenvalue weighted by Crippen LogP contribution is 2.07. The Labute approximate surface area is 104 Å². The van der Waals surface area contributed by atoms with Crippen molar-refractivity contribution in [3.05, 3.63) is 35.9 Å². The summed E-state index contributed by atoms with van der Waals surface area (Å²) in [5.41, 5.74) is 6.85. The fourth-order valence-electron chi connectivity index (χ4n) is 1.24. The fourth-order valence-corrected chi connectivity index (χ4v) is 1.24. The molecular formula is C12H14N2O4. The molecule has 18 heavy (non-hydrogen) atoms. The van der Waals surface area contributed by atoms with Crippen molar-refractivity contribution in [2.24, 2.45) is 0 Å². The van der Waals surface area contributed by atoms with Crippen molar-refractivity contribution in [1.82, 2.24) is 5.32 Å². The average Bonchev–Trinajstić information content (AvgIpc) is 2.33. The van der Waals surface area contributed by atoms with Crippen LogP contribution in [0.5, 0.6) is 0 Å². The van der Waals surface area contributed by atoms with Crippen molar-refractivity contribution in [3.63, 3.8) is 0 Å². The lowest BCUT2D eigenvalue weighted by Crippen LogP contribution is -2.42. The van der Waals surface area contributed by atoms with E-state index in [0.29, 0.717) is 5.69 Å². The van der Waals surface area contributed by atoms with Crippen LogP contribution >= 0.6 is 0 Å². The largest absolute Gasteiger partial charge is 0.480 e. The Morgan fingerprint density at radius 1 is 1.44 bits per heavy atom. The van der Waals surface area contributed by atoms with Gasteiger partial charge in [0.25, 0.3) is 0 Å². The predicted octanol–water partition coefficient (Wildman–Crippen LogP) is -0.156. The van der Waals surface area contributed by atoms with Gasteiger partial charge in [0.2, 0.25) is 5.91 Å². The number of hydrogen-bond donors (Lipinski definition) is 4. The molecule has 0 spiro atoms. The molecule has 6 heteroatoms. The highest BCUT2D eigenvalue weighted by Gasteiger charge is 2.16. The minimum atomic E-state index is -1.30. The van der Waals surface area contributed by atoms with Gasteiger partial charge in [-0.15, -0.1) is 0 Å². The number of nitrogen functional groups attached to an aromatic ring is 1. The number of nitrogens with one attached hydrogen (secondary N) is 1. The Kier molecular flexibility index (Phi) is 4.89. The Bertz CT molecular complexity index is 471. The number of carboxylic acids is 1. The minimum absolute atomic E-state index is 0.566. The molecule has 0 aliphatic heterocycles. The lowest BCUT2D eigenvalue weighted by Gasteiger charge is -2.09. The van der Waals surface area contributed by atoms with E-state index < -0.39 is 24.5 Å². The van der Waals surface area contributed by atoms with Gasteiger partial charge in [-0.05, 0) is 23.8 Å². The molecule has 0 saturated heterocycles. The molecule has 1 atom stereocenters. The molecule has 0 bridgehead atoms. The molecule has 1 amide bonds. The van der Waals surface area contributed by atoms with E-state index in [1.165, 1.54) is 12.2 Å². The molecule has 0 heterocycles. The third-order valence-electron chi connectivity index (χ3n) is 2.14. The quantitative estimate of drug-likeness (QED) is 0.428. The van der Waals surface area contributed by atoms with Gasteiger partial charge in [0.05, 0.1) is 6.61 Å². The maximum Gasteiger partial charge on any atom is 0.328 e. The van der Waals surface area contributed by atoms with Crippen molar-refractivity contribution in [1.29, 1.82) is 0 Å². The molecule has 6 nitrogen and oxygen atoms in total. The number of benzene rings is 1. The van der Waals surface area contributed by atoms with Gasteiger partial charge in [-0.25, -0.2) is 4.79 Å². The fraction of sp³-hybridized carbons (Fsp3) is 0.167. The molecule has 0 aromatic heterocycles. The van der Waals surface area contributed by atoms with Crippen molar-refractivity contribution in [2.45, 2.75) is 6.04 Å². The molecule has 0 unspecified atom stereocenters. The van der Waals surface area contributed by atoms with Crippen LogP contribution in [-0.2, 0) is 9.59 Å². The van der Waals surface area contributed by atoms with E-state index in [0.717, 1.165) is 5.56 Å². The lowest BCUT2D eigenvalue weighted by atomic mass is 10.2. The first-order valence-electron chi connectivity index (χ1n) is 5.20. The number of amides is 1. The first kappa shape index (κ1) is 13.7. The third kappa shape index (κ3) is 4.26. The molecule has 0 saturated carbocycles. The summed E-state index contributed by atoms with van der Waals surface area (Å²) < 4.78 is 0. The Morgan fingerprint density at radius 2 is 2.17 bits per heavy atom. The second-order valence-electron chi connectivity index (χ2n) is 3.59. The summed E-state index contributed by atoms with van der Waals surface area (Å²) in [6.45, 7) is -0.660. The zero-order valence-electron chi connectivity index (χ0n) is 9.54. The van der Waals surface area contributed by atoms with Crippen LogP contribution in [0.25, 0.3) is 6.08 Å². The third-order valence-corrected chi connectivity index (χ3v) is 2.14. The molecule has 1 rings (SSSR count). The van der Waals surface area contributed by atoms with Crippen molar-refractivity contribution >= 4 is 23.6 Å². The molecular weight excluding hydrogens is 236 g/mol. The summed E-state index contributed by atoms with van der Waals surface area (Å²) in [6.07, 6.45) is 2.68. The highest BCUT2D eigenvalue weighted by atomic mass is 16.4. The molecule has 5 N–H and O–H groups in total. The van der Waals surface area contributed by atoms with E-state index in [-0.39, 0.29) is 0 Å². The number of nitrogens with two attached hydrogens (primary N) is 1. The number of hydrogen-bond acceptors (Lipinski definition) is 4. The summed E-state index contributed by atoms with van der Waals surface area (Å²) >= 11 is 0. The Hall–Kier alpha value is -2.34. The first-order chi connectivity index (χ1) is 8.52. The van der Waals surface area contributed by atoms with Crippen LogP contribution in [0.1, 0.15) is 5.56 Å². The van der Waals surface area contributed by atoms with Gasteiger partial charge in [-0.2, -0.15) is 0 Å². The van der Waals surface area contributed by atoms with Crippen LogP contribution in [0.15, 0.2) is 30.3 Å². The second-order valence-corrected chi connectivity index (χ2v) is 3.59. The average molecular weight is 250 g/mol. The van der Waals surface area contributed by atoms with Gasteiger partial charge < -0.3 is 21.3 Å². The maximum atomic E-state index is 11.4. The van der Waals surface area contributed by atoms with E-state index >= 15 is 0 Å². The van der Waals surface area contributed by atoms with Crippen LogP contribution in [0.2, 0.25) is 0 Å². The molecule has 1 aromatic carbocycles. The predicted molar refractivity (Wildman–Crippen MR) is 66.5 cm³/mol. The Morgan fingerprint density at radius 3 is 2.72 bits per heavy atom. The van der Waals surface area contributed by atoms with E-state index in [4.69, 9.17) is 15.9 Å². The summed E-state index contributed by atoms with van der Waals surface area (Å²) in [6, 6.07) is 5.57. The van der Waals surface area contributed by atoms with Crippen LogP contribution < -0.4 is 11.1 Å². The number of aliphatic carboxylic acids is 1. The number of carboxylic acid groups (broad SMARTS) is 1. The van der Waals surface area contributed by atoms with Gasteiger partial charge in [0.1, 0.15) is 0 Å². The molecule has 0 aliphatic rings. The summed E-state index contributed by atoms with van der Waals surface area (Å²) in [4.78, 5) is 21.9. The van der Waals surface area contributed by atoms with E-state index in [1.54, 1.807) is 24.3 Å². The normalized spacial score (nSPS) is 12.3. The van der Waals surface area contributed by atoms with Crippen molar-refractivity contribution < 1.29 is 19.8 Å². The zero-order chi connectivity index (χ0) is 13.5. The van der Waals surface area contributed by atoms with E-state index in [2.05, 4.69) is 5.32 Å². The number of aliphatic hydroxyl groups is 1. The van der Waals surface area contributed by atoms with Gasteiger partial charge in [0, 0.05) is 11.8 Å². The SMILES string of the molecule is Nc1cccc(/C=C/C(=O)N[C@H](CO)C(=O)O)c1. The maximum absolute atomic E-state index is 11.4. The van der Waals surface area contributed by atoms with Crippen LogP contribution in [0.4, 0.5) is 5.69 Å². The van der Waals surface area contributed by atoms with Crippen LogP contribution in [0, 0.1) is 0 Å². The number of rotatable bonds is 5. The first-order valence-corrected chi connectivity index (χ1v) is 5.20. The van der Waals surface area contributed by atoms with E-state index in [9.17, 15) is 9.59 Å². The lowest BCUT2D eigenvalue weighted by molar-refractivity contribution is -0.142. The van der Waals surface area contributed by atoms with Crippen LogP contribution in [0.3, 0.4) is 0 Å². The number of carbonyl (C=O) groups excluding carboxylic acids is 1. The summed E-state index contributed by atoms with van der Waals surface area (Å²) in [5.74, 6) is -1.89. The minimum Gasteiger partial charge on any atom is -0.480 e. The molecule has 0 fully saturated rings. The number of anilines is 1.